The molecule has 0 fully saturated rings. The number of alkyl halides is 6. The highest BCUT2D eigenvalue weighted by molar-refractivity contribution is 6.69. The monoisotopic (exact) mass is 423 g/mol. The van der Waals surface area contributed by atoms with Crippen LogP contribution in [0.25, 0.3) is 0 Å². The van der Waals surface area contributed by atoms with E-state index in [0.29, 0.717) is 12.1 Å². The summed E-state index contributed by atoms with van der Waals surface area (Å²) >= 11 is 35.2. The van der Waals surface area contributed by atoms with Gasteiger partial charge in [0.15, 0.2) is 0 Å². The lowest BCUT2D eigenvalue weighted by Crippen LogP contribution is -2.57. The predicted molar refractivity (Wildman–Crippen MR) is 92.0 cm³/mol. The lowest BCUT2D eigenvalue weighted by molar-refractivity contribution is 0.142. The van der Waals surface area contributed by atoms with Crippen molar-refractivity contribution in [2.45, 2.75) is 21.1 Å². The number of aryl methyl sites for hydroxylation is 1. The van der Waals surface area contributed by atoms with E-state index in [-0.39, 0.29) is 5.70 Å². The van der Waals surface area contributed by atoms with E-state index in [4.69, 9.17) is 74.0 Å². The van der Waals surface area contributed by atoms with E-state index < -0.39 is 7.71 Å². The number of hydrogen-bond acceptors (Lipinski definition) is 4. The topological polar surface area (TPSA) is 40.4 Å². The lowest BCUT2D eigenvalue weighted by atomic mass is 10.2. The molecule has 0 radical (unpaired) electrons. The van der Waals surface area contributed by atoms with Crippen molar-refractivity contribution >= 4 is 69.6 Å². The van der Waals surface area contributed by atoms with Gasteiger partial charge >= 0.3 is 0 Å². The molecule has 1 aromatic heterocycles. The van der Waals surface area contributed by atoms with Gasteiger partial charge in [0.2, 0.25) is 3.79 Å². The molecule has 1 aliphatic rings. The Morgan fingerprint density at radius 3 is 2.32 bits per heavy atom. The third-order valence-corrected chi connectivity index (χ3v) is 3.77. The van der Waals surface area contributed by atoms with Gasteiger partial charge in [-0.05, 0) is 25.1 Å². The van der Waals surface area contributed by atoms with E-state index in [9.17, 15) is 0 Å². The van der Waals surface area contributed by atoms with Crippen molar-refractivity contribution in [3.63, 3.8) is 0 Å². The first-order valence-corrected chi connectivity index (χ1v) is 8.27. The molecule has 1 aliphatic heterocycles. The minimum atomic E-state index is -1.80. The number of hydrogen-bond donors (Lipinski definition) is 2. The quantitative estimate of drug-likeness (QED) is 0.521. The third-order valence-electron chi connectivity index (χ3n) is 2.65. The number of allylic oxidation sites excluding steroid dienone is 3. The van der Waals surface area contributed by atoms with Gasteiger partial charge < -0.3 is 4.42 Å². The lowest BCUT2D eigenvalue weighted by Gasteiger charge is -2.37. The van der Waals surface area contributed by atoms with Crippen LogP contribution >= 0.6 is 69.6 Å². The number of rotatable bonds is 2. The number of nitrogens with zero attached hydrogens (tertiary/aromatic N) is 1. The SMILES string of the molecule is Cc1ccc(CC=C2C=C(C(Cl)(Cl)Cl)NN(C(Cl)(Cl)Cl)N2)o1. The van der Waals surface area contributed by atoms with E-state index in [2.05, 4.69) is 10.9 Å². The highest BCUT2D eigenvalue weighted by Crippen LogP contribution is 2.37. The fraction of sp³-hybridized carbons (Fsp3) is 0.333. The van der Waals surface area contributed by atoms with Crippen LogP contribution in [0.1, 0.15) is 11.5 Å². The first kappa shape index (κ1) is 18.4. The second-order valence-electron chi connectivity index (χ2n) is 4.46. The Kier molecular flexibility index (Phi) is 5.77. The van der Waals surface area contributed by atoms with Crippen LogP contribution in [0, 0.1) is 6.92 Å². The second-order valence-corrected chi connectivity index (χ2v) is 8.96. The molecule has 1 aromatic rings. The van der Waals surface area contributed by atoms with Crippen LogP contribution in [-0.4, -0.2) is 12.8 Å². The van der Waals surface area contributed by atoms with Crippen LogP contribution in [0.3, 0.4) is 0 Å². The molecular weight excluding hydrogens is 415 g/mol. The first-order chi connectivity index (χ1) is 10.1. The molecule has 122 valence electrons. The van der Waals surface area contributed by atoms with Gasteiger partial charge in [0.1, 0.15) is 11.5 Å². The van der Waals surface area contributed by atoms with E-state index in [1.54, 1.807) is 6.08 Å². The number of furan rings is 1. The molecule has 0 saturated heterocycles. The van der Waals surface area contributed by atoms with Crippen LogP contribution in [0.2, 0.25) is 0 Å². The zero-order valence-electron chi connectivity index (χ0n) is 11.1. The first-order valence-electron chi connectivity index (χ1n) is 6.00. The Bertz CT molecular complexity index is 599. The Balaban J connectivity index is 2.24. The minimum absolute atomic E-state index is 0.240. The maximum atomic E-state index is 5.88. The van der Waals surface area contributed by atoms with Crippen LogP contribution in [0.15, 0.2) is 40.1 Å². The van der Waals surface area contributed by atoms with Gasteiger partial charge in [-0.3, -0.25) is 10.9 Å². The van der Waals surface area contributed by atoms with E-state index in [1.165, 1.54) is 0 Å². The summed E-state index contributed by atoms with van der Waals surface area (Å²) in [6, 6.07) is 3.75. The molecular formula is C12H11Cl6N3O. The molecule has 2 rings (SSSR count). The molecule has 10 heteroatoms. The van der Waals surface area contributed by atoms with Crippen LogP contribution in [0.4, 0.5) is 0 Å². The van der Waals surface area contributed by atoms with Gasteiger partial charge in [0.25, 0.3) is 3.92 Å². The highest BCUT2D eigenvalue weighted by Gasteiger charge is 2.38. The van der Waals surface area contributed by atoms with E-state index in [1.807, 2.05) is 25.1 Å². The molecule has 0 bridgehead atoms. The fourth-order valence-corrected chi connectivity index (χ4v) is 2.22. The average molecular weight is 426 g/mol. The summed E-state index contributed by atoms with van der Waals surface area (Å²) in [6.45, 7) is 1.87. The fourth-order valence-electron chi connectivity index (χ4n) is 1.68. The minimum Gasteiger partial charge on any atom is -0.466 e. The van der Waals surface area contributed by atoms with Crippen molar-refractivity contribution in [1.29, 1.82) is 0 Å². The zero-order chi connectivity index (χ0) is 16.5. The van der Waals surface area contributed by atoms with Gasteiger partial charge in [-0.15, -0.1) is 0 Å². The molecule has 0 atom stereocenters. The molecule has 0 amide bonds. The van der Waals surface area contributed by atoms with Crippen LogP contribution in [0.5, 0.6) is 0 Å². The summed E-state index contributed by atoms with van der Waals surface area (Å²) in [4.78, 5) is 0. The molecule has 0 aliphatic carbocycles. The molecule has 2 heterocycles. The molecule has 0 saturated carbocycles. The summed E-state index contributed by atoms with van der Waals surface area (Å²) in [5.74, 6) is 1.61. The Hall–Kier alpha value is 0.0600. The van der Waals surface area contributed by atoms with Crippen molar-refractivity contribution in [2.75, 3.05) is 0 Å². The molecule has 22 heavy (non-hydrogen) atoms. The van der Waals surface area contributed by atoms with Crippen molar-refractivity contribution in [3.05, 3.63) is 47.2 Å². The predicted octanol–water partition coefficient (Wildman–Crippen LogP) is 4.92. The standard InChI is InChI=1S/C12H11Cl6N3O/c1-7-2-4-9(22-7)5-3-8-6-10(11(13,14)15)20-21(19-8)12(16,17)18/h2-4,6,19-20H,5H2,1H3. The summed E-state index contributed by atoms with van der Waals surface area (Å²) in [5.41, 5.74) is 6.38. The molecule has 0 aromatic carbocycles. The molecule has 2 N–H and O–H groups in total. The summed E-state index contributed by atoms with van der Waals surface area (Å²) in [6.07, 6.45) is 3.95. The van der Waals surface area contributed by atoms with Crippen molar-refractivity contribution < 1.29 is 4.42 Å². The second kappa shape index (κ2) is 6.89. The van der Waals surface area contributed by atoms with Crippen molar-refractivity contribution in [3.8, 4) is 0 Å². The smallest absolute Gasteiger partial charge is 0.281 e. The Morgan fingerprint density at radius 2 is 1.82 bits per heavy atom. The third kappa shape index (κ3) is 5.03. The number of nitrogens with one attached hydrogen (secondary N) is 2. The van der Waals surface area contributed by atoms with Crippen LogP contribution in [-0.2, 0) is 6.42 Å². The average Bonchev–Trinajstić information content (AvgIpc) is 2.80. The number of hydrazine groups is 2. The van der Waals surface area contributed by atoms with Crippen molar-refractivity contribution in [1.82, 2.24) is 16.0 Å². The normalized spacial score (nSPS) is 18.9. The molecule has 0 spiro atoms. The zero-order valence-corrected chi connectivity index (χ0v) is 15.7. The van der Waals surface area contributed by atoms with E-state index in [0.717, 1.165) is 16.6 Å². The van der Waals surface area contributed by atoms with Gasteiger partial charge in [-0.2, -0.15) is 0 Å². The Morgan fingerprint density at radius 1 is 1.14 bits per heavy atom. The van der Waals surface area contributed by atoms with E-state index >= 15 is 0 Å². The van der Waals surface area contributed by atoms with Gasteiger partial charge in [0.05, 0.1) is 5.70 Å². The van der Waals surface area contributed by atoms with Crippen molar-refractivity contribution in [2.24, 2.45) is 0 Å². The van der Waals surface area contributed by atoms with Gasteiger partial charge in [-0.25, -0.2) is 0 Å². The summed E-state index contributed by atoms with van der Waals surface area (Å²) < 4.78 is 1.99. The summed E-state index contributed by atoms with van der Waals surface area (Å²) in [7, 11) is 0. The Labute approximate surface area is 157 Å². The molecule has 4 nitrogen and oxygen atoms in total. The maximum absolute atomic E-state index is 5.88. The van der Waals surface area contributed by atoms with Gasteiger partial charge in [0, 0.05) is 12.1 Å². The largest absolute Gasteiger partial charge is 0.466 e. The van der Waals surface area contributed by atoms with Gasteiger partial charge in [-0.1, -0.05) is 80.8 Å². The van der Waals surface area contributed by atoms with Crippen LogP contribution < -0.4 is 10.9 Å². The highest BCUT2D eigenvalue weighted by atomic mass is 35.6. The number of halogens is 6. The maximum Gasteiger partial charge on any atom is 0.281 e. The molecule has 0 unspecified atom stereocenters. The summed E-state index contributed by atoms with van der Waals surface area (Å²) in [5, 5.41) is 1.11.